The topological polar surface area (TPSA) is 120 Å². The molecule has 11 heteroatoms. The smallest absolute Gasteiger partial charge is 0.327 e. The molecule has 1 aliphatic heterocycles. The first-order valence-electron chi connectivity index (χ1n) is 10.1. The van der Waals surface area contributed by atoms with Crippen molar-refractivity contribution < 1.29 is 19.0 Å². The molecule has 0 bridgehead atoms. The molecule has 4 aromatic rings. The average molecular weight is 428 g/mol. The van der Waals surface area contributed by atoms with Crippen LogP contribution in [0.25, 0.3) is 28.1 Å². The Morgan fingerprint density at radius 3 is 2.94 bits per heavy atom. The third-order valence-electron chi connectivity index (χ3n) is 5.42. The Balaban J connectivity index is 1.76. The van der Waals surface area contributed by atoms with E-state index in [2.05, 4.69) is 19.9 Å². The van der Waals surface area contributed by atoms with E-state index in [0.29, 0.717) is 48.3 Å². The van der Waals surface area contributed by atoms with E-state index in [1.54, 1.807) is 17.6 Å². The molecule has 10 nitrogen and oxygen atoms in total. The Labute approximate surface area is 175 Å². The normalized spacial score (nSPS) is 16.4. The van der Waals surface area contributed by atoms with E-state index in [1.165, 1.54) is 23.0 Å². The molecule has 1 fully saturated rings. The summed E-state index contributed by atoms with van der Waals surface area (Å²) in [7, 11) is 0. The monoisotopic (exact) mass is 428 g/mol. The van der Waals surface area contributed by atoms with Crippen molar-refractivity contribution in [3.8, 4) is 5.95 Å². The molecule has 0 saturated carbocycles. The SMILES string of the molecule is CCOC(O)c1nc(-n2cnc3ccc(F)cc32)nc2c1[nH]c(=O)n2C1CCOCC1. The minimum Gasteiger partial charge on any atom is -0.381 e. The van der Waals surface area contributed by atoms with E-state index in [1.807, 2.05) is 0 Å². The van der Waals surface area contributed by atoms with Gasteiger partial charge in [-0.1, -0.05) is 0 Å². The van der Waals surface area contributed by atoms with Crippen LogP contribution in [0.1, 0.15) is 37.8 Å². The van der Waals surface area contributed by atoms with Gasteiger partial charge in [0.25, 0.3) is 0 Å². The lowest BCUT2D eigenvalue weighted by molar-refractivity contribution is -0.0998. The van der Waals surface area contributed by atoms with Gasteiger partial charge in [0.15, 0.2) is 5.65 Å². The third kappa shape index (κ3) is 3.40. The molecule has 0 radical (unpaired) electrons. The summed E-state index contributed by atoms with van der Waals surface area (Å²) in [6.45, 7) is 3.07. The van der Waals surface area contributed by atoms with Gasteiger partial charge in [-0.2, -0.15) is 4.98 Å². The van der Waals surface area contributed by atoms with Crippen LogP contribution in [0.3, 0.4) is 0 Å². The summed E-state index contributed by atoms with van der Waals surface area (Å²) in [6, 6.07) is 4.11. The van der Waals surface area contributed by atoms with Crippen LogP contribution in [-0.4, -0.2) is 54.0 Å². The Bertz CT molecular complexity index is 1310. The number of nitrogens with zero attached hydrogens (tertiary/aromatic N) is 5. The van der Waals surface area contributed by atoms with Crippen molar-refractivity contribution in [2.24, 2.45) is 0 Å². The lowest BCUT2D eigenvalue weighted by Crippen LogP contribution is -2.27. The summed E-state index contributed by atoms with van der Waals surface area (Å²) in [5, 5.41) is 10.6. The molecule has 1 aromatic carbocycles. The minimum atomic E-state index is -1.37. The summed E-state index contributed by atoms with van der Waals surface area (Å²) >= 11 is 0. The number of aromatic amines is 1. The zero-order chi connectivity index (χ0) is 21.5. The van der Waals surface area contributed by atoms with Crippen molar-refractivity contribution in [2.75, 3.05) is 19.8 Å². The molecule has 5 rings (SSSR count). The second-order valence-corrected chi connectivity index (χ2v) is 7.31. The molecule has 0 aliphatic carbocycles. The summed E-state index contributed by atoms with van der Waals surface area (Å²) in [4.78, 5) is 28.9. The quantitative estimate of drug-likeness (QED) is 0.466. The Hall–Kier alpha value is -3.15. The molecule has 162 valence electrons. The number of rotatable bonds is 5. The van der Waals surface area contributed by atoms with Gasteiger partial charge in [0.05, 0.1) is 11.0 Å². The number of imidazole rings is 2. The molecular formula is C20H21FN6O4. The molecule has 1 atom stereocenters. The number of nitrogens with one attached hydrogen (secondary N) is 1. The van der Waals surface area contributed by atoms with Crippen LogP contribution >= 0.6 is 0 Å². The van der Waals surface area contributed by atoms with Crippen LogP contribution in [-0.2, 0) is 9.47 Å². The number of H-pyrrole nitrogens is 1. The van der Waals surface area contributed by atoms with Crippen molar-refractivity contribution in [2.45, 2.75) is 32.1 Å². The van der Waals surface area contributed by atoms with Crippen molar-refractivity contribution in [3.63, 3.8) is 0 Å². The first-order chi connectivity index (χ1) is 15.1. The van der Waals surface area contributed by atoms with Gasteiger partial charge < -0.3 is 19.6 Å². The van der Waals surface area contributed by atoms with Gasteiger partial charge in [-0.15, -0.1) is 0 Å². The number of aliphatic hydroxyl groups is 1. The number of ether oxygens (including phenoxy) is 2. The molecule has 1 unspecified atom stereocenters. The summed E-state index contributed by atoms with van der Waals surface area (Å²) < 4.78 is 27.7. The lowest BCUT2D eigenvalue weighted by atomic mass is 10.1. The van der Waals surface area contributed by atoms with Gasteiger partial charge in [0.2, 0.25) is 12.2 Å². The predicted molar refractivity (Wildman–Crippen MR) is 108 cm³/mol. The van der Waals surface area contributed by atoms with E-state index < -0.39 is 12.1 Å². The number of aliphatic hydroxyl groups excluding tert-OH is 1. The first kappa shape index (κ1) is 19.8. The standard InChI is InChI=1S/C20H21FN6O4/c1-2-31-18(28)16-15-17(27(20(29)24-15)12-5-7-30-8-6-12)25-19(23-16)26-10-22-13-4-3-11(21)9-14(13)26/h3-4,9-10,12,18,28H,2,5-8H2,1H3,(H,24,29). The highest BCUT2D eigenvalue weighted by Crippen LogP contribution is 2.27. The molecule has 1 saturated heterocycles. The second kappa shape index (κ2) is 7.84. The maximum absolute atomic E-state index is 13.9. The number of fused-ring (bicyclic) bond motifs is 2. The van der Waals surface area contributed by atoms with Gasteiger partial charge in [0.1, 0.15) is 23.4 Å². The van der Waals surface area contributed by atoms with Crippen molar-refractivity contribution in [1.82, 2.24) is 29.1 Å². The molecule has 2 N–H and O–H groups in total. The number of halogens is 1. The highest BCUT2D eigenvalue weighted by atomic mass is 19.1. The third-order valence-corrected chi connectivity index (χ3v) is 5.42. The predicted octanol–water partition coefficient (Wildman–Crippen LogP) is 1.98. The van der Waals surface area contributed by atoms with Gasteiger partial charge in [-0.3, -0.25) is 9.13 Å². The van der Waals surface area contributed by atoms with Gasteiger partial charge in [-0.05, 0) is 31.9 Å². The second-order valence-electron chi connectivity index (χ2n) is 7.31. The molecule has 3 aromatic heterocycles. The van der Waals surface area contributed by atoms with Crippen LogP contribution in [0.4, 0.5) is 4.39 Å². The van der Waals surface area contributed by atoms with E-state index in [9.17, 15) is 14.3 Å². The molecule has 4 heterocycles. The van der Waals surface area contributed by atoms with Crippen LogP contribution in [0.5, 0.6) is 0 Å². The maximum atomic E-state index is 13.9. The Morgan fingerprint density at radius 1 is 1.35 bits per heavy atom. The molecule has 0 spiro atoms. The lowest BCUT2D eigenvalue weighted by Gasteiger charge is -2.23. The van der Waals surface area contributed by atoms with E-state index in [4.69, 9.17) is 9.47 Å². The van der Waals surface area contributed by atoms with E-state index >= 15 is 0 Å². The number of benzene rings is 1. The average Bonchev–Trinajstić information content (AvgIpc) is 3.33. The number of hydrogen-bond donors (Lipinski definition) is 2. The summed E-state index contributed by atoms with van der Waals surface area (Å²) in [5.74, 6) is -0.278. The number of aromatic nitrogens is 6. The van der Waals surface area contributed by atoms with Crippen LogP contribution in [0.15, 0.2) is 29.3 Å². The molecular weight excluding hydrogens is 407 g/mol. The fourth-order valence-electron chi connectivity index (χ4n) is 3.96. The molecule has 1 aliphatic rings. The fourth-order valence-corrected chi connectivity index (χ4v) is 3.96. The van der Waals surface area contributed by atoms with Crippen LogP contribution in [0, 0.1) is 5.82 Å². The molecule has 31 heavy (non-hydrogen) atoms. The Kier molecular flexibility index (Phi) is 5.00. The van der Waals surface area contributed by atoms with Gasteiger partial charge in [-0.25, -0.2) is 19.2 Å². The Morgan fingerprint density at radius 2 is 2.16 bits per heavy atom. The summed E-state index contributed by atoms with van der Waals surface area (Å²) in [5.41, 5.74) is 1.45. The summed E-state index contributed by atoms with van der Waals surface area (Å²) in [6.07, 6.45) is 1.43. The highest BCUT2D eigenvalue weighted by Gasteiger charge is 2.26. The highest BCUT2D eigenvalue weighted by molar-refractivity contribution is 5.78. The van der Waals surface area contributed by atoms with Crippen LogP contribution < -0.4 is 5.69 Å². The van der Waals surface area contributed by atoms with Gasteiger partial charge >= 0.3 is 5.69 Å². The van der Waals surface area contributed by atoms with E-state index in [-0.39, 0.29) is 30.0 Å². The minimum absolute atomic E-state index is 0.105. The largest absolute Gasteiger partial charge is 0.381 e. The van der Waals surface area contributed by atoms with Crippen LogP contribution in [0.2, 0.25) is 0 Å². The maximum Gasteiger partial charge on any atom is 0.327 e. The van der Waals surface area contributed by atoms with Crippen molar-refractivity contribution in [1.29, 1.82) is 0 Å². The van der Waals surface area contributed by atoms with Crippen molar-refractivity contribution in [3.05, 3.63) is 46.5 Å². The van der Waals surface area contributed by atoms with Gasteiger partial charge in [0, 0.05) is 31.9 Å². The number of hydrogen-bond acceptors (Lipinski definition) is 7. The zero-order valence-electron chi connectivity index (χ0n) is 16.8. The first-order valence-corrected chi connectivity index (χ1v) is 10.1. The van der Waals surface area contributed by atoms with Crippen molar-refractivity contribution >= 4 is 22.2 Å². The zero-order valence-corrected chi connectivity index (χ0v) is 16.8. The fraction of sp³-hybridized carbons (Fsp3) is 0.400. The van der Waals surface area contributed by atoms with E-state index in [0.717, 1.165) is 0 Å². The molecule has 0 amide bonds.